The van der Waals surface area contributed by atoms with Gasteiger partial charge in [-0.15, -0.1) is 0 Å². The molecule has 0 aliphatic heterocycles. The van der Waals surface area contributed by atoms with E-state index in [9.17, 15) is 22.8 Å². The van der Waals surface area contributed by atoms with Crippen LogP contribution in [0.3, 0.4) is 0 Å². The number of rotatable bonds is 8. The first kappa shape index (κ1) is 26.1. The van der Waals surface area contributed by atoms with E-state index in [2.05, 4.69) is 4.72 Å². The second kappa shape index (κ2) is 10.5. The molecule has 10 heteroatoms. The van der Waals surface area contributed by atoms with E-state index in [0.29, 0.717) is 12.1 Å². The lowest BCUT2D eigenvalue weighted by Crippen LogP contribution is -2.48. The number of aryl methyl sites for hydroxylation is 1. The van der Waals surface area contributed by atoms with Gasteiger partial charge in [-0.25, -0.2) is 13.2 Å². The Bertz CT molecular complexity index is 1660. The first-order valence-electron chi connectivity index (χ1n) is 11.6. The van der Waals surface area contributed by atoms with Gasteiger partial charge < -0.3 is 4.90 Å². The molecule has 0 bridgehead atoms. The highest BCUT2D eigenvalue weighted by atomic mass is 32.2. The maximum Gasteiger partial charge on any atom is 0.330 e. The van der Waals surface area contributed by atoms with E-state index in [1.165, 1.54) is 41.8 Å². The Balaban J connectivity index is 1.69. The van der Waals surface area contributed by atoms with Crippen LogP contribution in [0.1, 0.15) is 11.1 Å². The number of amides is 1. The number of fused-ring (bicyclic) bond motifs is 1. The molecule has 37 heavy (non-hydrogen) atoms. The van der Waals surface area contributed by atoms with Crippen molar-refractivity contribution in [1.82, 2.24) is 18.8 Å². The minimum Gasteiger partial charge on any atom is -0.340 e. The Morgan fingerprint density at radius 3 is 2.11 bits per heavy atom. The molecule has 4 rings (SSSR count). The molecule has 0 saturated heterocycles. The van der Waals surface area contributed by atoms with Gasteiger partial charge >= 0.3 is 5.69 Å². The number of sulfonamides is 1. The molecule has 0 spiro atoms. The smallest absolute Gasteiger partial charge is 0.330 e. The number of carbonyl (C=O) groups excluding carboxylic acids is 1. The maximum absolute atomic E-state index is 13.5. The summed E-state index contributed by atoms with van der Waals surface area (Å²) in [5.74, 6) is -0.393. The number of hydrogen-bond donors (Lipinski definition) is 1. The lowest BCUT2D eigenvalue weighted by Gasteiger charge is -2.25. The SMILES string of the molecule is CN(Cc1ccccc1)C(=O)[C@H](Cc1ccccc1)NS(=O)(=O)c1ccc2c(c1)c(=O)n(C)c(=O)n2C. The third kappa shape index (κ3) is 5.55. The first-order valence-corrected chi connectivity index (χ1v) is 13.1. The number of nitrogens with zero attached hydrogens (tertiary/aromatic N) is 3. The summed E-state index contributed by atoms with van der Waals surface area (Å²) >= 11 is 0. The lowest BCUT2D eigenvalue weighted by atomic mass is 10.1. The number of likely N-dealkylation sites (N-methyl/N-ethyl adjacent to an activating group) is 1. The summed E-state index contributed by atoms with van der Waals surface area (Å²) < 4.78 is 31.7. The van der Waals surface area contributed by atoms with E-state index in [1.807, 2.05) is 60.7 Å². The van der Waals surface area contributed by atoms with Crippen molar-refractivity contribution >= 4 is 26.8 Å². The van der Waals surface area contributed by atoms with Crippen molar-refractivity contribution in [3.63, 3.8) is 0 Å². The van der Waals surface area contributed by atoms with Crippen molar-refractivity contribution < 1.29 is 13.2 Å². The van der Waals surface area contributed by atoms with Gasteiger partial charge in [0.15, 0.2) is 0 Å². The van der Waals surface area contributed by atoms with Crippen LogP contribution < -0.4 is 16.0 Å². The van der Waals surface area contributed by atoms with E-state index in [0.717, 1.165) is 15.7 Å². The quantitative estimate of drug-likeness (QED) is 0.381. The van der Waals surface area contributed by atoms with Gasteiger partial charge in [0.05, 0.1) is 15.8 Å². The average molecular weight is 521 g/mol. The van der Waals surface area contributed by atoms with E-state index in [1.54, 1.807) is 7.05 Å². The zero-order valence-corrected chi connectivity index (χ0v) is 21.6. The number of nitrogens with one attached hydrogen (secondary N) is 1. The standard InChI is InChI=1S/C27H28N4O5S/c1-29(18-20-12-8-5-9-13-20)26(33)23(16-19-10-6-4-7-11-19)28-37(35,36)21-14-15-24-22(17-21)25(32)31(3)27(34)30(24)2/h4-15,17,23,28H,16,18H2,1-3H3/t23-/m0/s1. The van der Waals surface area contributed by atoms with Gasteiger partial charge in [0.2, 0.25) is 15.9 Å². The van der Waals surface area contributed by atoms with Crippen LogP contribution in [-0.2, 0) is 41.9 Å². The number of hydrogen-bond acceptors (Lipinski definition) is 5. The van der Waals surface area contributed by atoms with Crippen LogP contribution >= 0.6 is 0 Å². The average Bonchev–Trinajstić information content (AvgIpc) is 2.90. The van der Waals surface area contributed by atoms with Gasteiger partial charge in [0.25, 0.3) is 5.56 Å². The summed E-state index contributed by atoms with van der Waals surface area (Å²) in [5.41, 5.74) is 0.900. The van der Waals surface area contributed by atoms with Gasteiger partial charge in [-0.05, 0) is 35.7 Å². The summed E-state index contributed by atoms with van der Waals surface area (Å²) in [6.45, 7) is 0.312. The summed E-state index contributed by atoms with van der Waals surface area (Å²) in [4.78, 5) is 39.7. The summed E-state index contributed by atoms with van der Waals surface area (Å²) in [5, 5.41) is 0.0830. The van der Waals surface area contributed by atoms with Gasteiger partial charge in [-0.2, -0.15) is 4.72 Å². The second-order valence-electron chi connectivity index (χ2n) is 8.93. The third-order valence-electron chi connectivity index (χ3n) is 6.27. The highest BCUT2D eigenvalue weighted by molar-refractivity contribution is 7.89. The molecule has 4 aromatic rings. The molecule has 1 N–H and O–H groups in total. The lowest BCUT2D eigenvalue weighted by molar-refractivity contribution is -0.132. The predicted octanol–water partition coefficient (Wildman–Crippen LogP) is 1.79. The minimum atomic E-state index is -4.21. The topological polar surface area (TPSA) is 110 Å². The van der Waals surface area contributed by atoms with Gasteiger partial charge in [-0.3, -0.25) is 18.7 Å². The highest BCUT2D eigenvalue weighted by Crippen LogP contribution is 2.17. The zero-order valence-electron chi connectivity index (χ0n) is 20.8. The molecule has 1 atom stereocenters. The summed E-state index contributed by atoms with van der Waals surface area (Å²) in [6.07, 6.45) is 0.141. The fourth-order valence-corrected chi connectivity index (χ4v) is 5.44. The van der Waals surface area contributed by atoms with Crippen molar-refractivity contribution in [1.29, 1.82) is 0 Å². The highest BCUT2D eigenvalue weighted by Gasteiger charge is 2.29. The monoisotopic (exact) mass is 520 g/mol. The molecule has 0 saturated carbocycles. The Labute approximate surface area is 214 Å². The Morgan fingerprint density at radius 1 is 0.892 bits per heavy atom. The molecule has 1 aromatic heterocycles. The Morgan fingerprint density at radius 2 is 1.49 bits per heavy atom. The van der Waals surface area contributed by atoms with Gasteiger partial charge in [0.1, 0.15) is 6.04 Å². The third-order valence-corrected chi connectivity index (χ3v) is 7.73. The van der Waals surface area contributed by atoms with Crippen molar-refractivity contribution in [2.45, 2.75) is 23.9 Å². The van der Waals surface area contributed by atoms with Gasteiger partial charge in [-0.1, -0.05) is 60.7 Å². The largest absolute Gasteiger partial charge is 0.340 e. The summed E-state index contributed by atoms with van der Waals surface area (Å²) in [7, 11) is 0.260. The molecule has 0 aliphatic carbocycles. The van der Waals surface area contributed by atoms with Gasteiger partial charge in [0, 0.05) is 27.7 Å². The molecule has 3 aromatic carbocycles. The molecule has 0 unspecified atom stereocenters. The molecule has 0 fully saturated rings. The molecular formula is C27H28N4O5S. The van der Waals surface area contributed by atoms with E-state index < -0.39 is 33.2 Å². The van der Waals surface area contributed by atoms with E-state index in [-0.39, 0.29) is 16.7 Å². The van der Waals surface area contributed by atoms with Crippen molar-refractivity contribution in [2.24, 2.45) is 14.1 Å². The molecule has 0 radical (unpaired) electrons. The first-order chi connectivity index (χ1) is 17.6. The fraction of sp³-hybridized carbons (Fsp3) is 0.222. The van der Waals surface area contributed by atoms with Crippen LogP contribution in [-0.4, -0.2) is 41.4 Å². The predicted molar refractivity (Wildman–Crippen MR) is 142 cm³/mol. The van der Waals surface area contributed by atoms with E-state index in [4.69, 9.17) is 0 Å². The summed E-state index contributed by atoms with van der Waals surface area (Å²) in [6, 6.07) is 21.4. The van der Waals surface area contributed by atoms with E-state index >= 15 is 0 Å². The second-order valence-corrected chi connectivity index (χ2v) is 10.6. The van der Waals surface area contributed by atoms with Crippen LogP contribution in [0.25, 0.3) is 10.9 Å². The molecule has 1 amide bonds. The Hall–Kier alpha value is -4.02. The zero-order chi connectivity index (χ0) is 26.7. The van der Waals surface area contributed by atoms with Crippen LogP contribution in [0.5, 0.6) is 0 Å². The number of aromatic nitrogens is 2. The number of carbonyl (C=O) groups is 1. The van der Waals surface area contributed by atoms with Crippen LogP contribution in [0.4, 0.5) is 0 Å². The molecular weight excluding hydrogens is 492 g/mol. The van der Waals surface area contributed by atoms with Crippen molar-refractivity contribution in [3.8, 4) is 0 Å². The van der Waals surface area contributed by atoms with Crippen LogP contribution in [0, 0.1) is 0 Å². The normalized spacial score (nSPS) is 12.4. The minimum absolute atomic E-state index is 0.0830. The Kier molecular flexibility index (Phi) is 7.42. The number of benzene rings is 3. The maximum atomic E-state index is 13.5. The molecule has 192 valence electrons. The molecule has 9 nitrogen and oxygen atoms in total. The molecule has 1 heterocycles. The van der Waals surface area contributed by atoms with Crippen molar-refractivity contribution in [2.75, 3.05) is 7.05 Å². The van der Waals surface area contributed by atoms with Crippen LogP contribution in [0.15, 0.2) is 93.3 Å². The van der Waals surface area contributed by atoms with Crippen molar-refractivity contribution in [3.05, 3.63) is 111 Å². The van der Waals surface area contributed by atoms with Crippen LogP contribution in [0.2, 0.25) is 0 Å². The fourth-order valence-electron chi connectivity index (χ4n) is 4.23. The molecule has 0 aliphatic rings.